The number of ether oxygens (including phenoxy) is 2. The van der Waals surface area contributed by atoms with E-state index in [-0.39, 0.29) is 12.0 Å². The Bertz CT molecular complexity index is 590. The van der Waals surface area contributed by atoms with E-state index >= 15 is 0 Å². The zero-order valence-electron chi connectivity index (χ0n) is 13.7. The Balaban J connectivity index is 1.94. The highest BCUT2D eigenvalue weighted by molar-refractivity contribution is 7.07. The standard InChI is InChI=1S/C15H23N5O2S/c1-10(4-5-11-6-7-23-9-11)17-15-19-12(18-14(16)20-15)8-13(21-2)22-3/h6-7,9-10,13H,4-5,8H2,1-3H3,(H3,16,17,18,19,20). The third-order valence-electron chi connectivity index (χ3n) is 3.40. The quantitative estimate of drug-likeness (QED) is 0.677. The number of methoxy groups -OCH3 is 2. The van der Waals surface area contributed by atoms with Gasteiger partial charge in [0, 0.05) is 20.3 Å². The molecule has 8 heteroatoms. The van der Waals surface area contributed by atoms with Crippen molar-refractivity contribution >= 4 is 23.2 Å². The van der Waals surface area contributed by atoms with Crippen molar-refractivity contribution < 1.29 is 9.47 Å². The van der Waals surface area contributed by atoms with Gasteiger partial charge >= 0.3 is 0 Å². The Labute approximate surface area is 140 Å². The van der Waals surface area contributed by atoms with Crippen molar-refractivity contribution in [2.75, 3.05) is 25.3 Å². The summed E-state index contributed by atoms with van der Waals surface area (Å²) in [5, 5.41) is 7.53. The molecule has 0 spiro atoms. The van der Waals surface area contributed by atoms with Crippen molar-refractivity contribution in [3.8, 4) is 0 Å². The van der Waals surface area contributed by atoms with Crippen LogP contribution in [0.5, 0.6) is 0 Å². The molecule has 3 N–H and O–H groups in total. The summed E-state index contributed by atoms with van der Waals surface area (Å²) >= 11 is 1.72. The molecule has 23 heavy (non-hydrogen) atoms. The molecule has 0 amide bonds. The number of nitrogens with one attached hydrogen (secondary N) is 1. The Morgan fingerprint density at radius 2 is 2.04 bits per heavy atom. The van der Waals surface area contributed by atoms with Gasteiger partial charge in [-0.2, -0.15) is 26.3 Å². The fourth-order valence-corrected chi connectivity index (χ4v) is 2.82. The molecule has 7 nitrogen and oxygen atoms in total. The lowest BCUT2D eigenvalue weighted by atomic mass is 10.1. The molecule has 2 aromatic heterocycles. The van der Waals surface area contributed by atoms with Crippen molar-refractivity contribution in [1.29, 1.82) is 0 Å². The molecule has 0 aromatic carbocycles. The number of nitrogen functional groups attached to an aromatic ring is 1. The lowest BCUT2D eigenvalue weighted by Crippen LogP contribution is -2.22. The van der Waals surface area contributed by atoms with E-state index in [1.54, 1.807) is 25.6 Å². The van der Waals surface area contributed by atoms with Crippen LogP contribution in [0.25, 0.3) is 0 Å². The summed E-state index contributed by atoms with van der Waals surface area (Å²) in [6, 6.07) is 2.37. The van der Waals surface area contributed by atoms with Gasteiger partial charge < -0.3 is 20.5 Å². The Hall–Kier alpha value is -1.77. The monoisotopic (exact) mass is 337 g/mol. The van der Waals surface area contributed by atoms with Gasteiger partial charge in [0.15, 0.2) is 6.29 Å². The zero-order valence-corrected chi connectivity index (χ0v) is 14.5. The molecule has 0 aliphatic rings. The summed E-state index contributed by atoms with van der Waals surface area (Å²) in [6.45, 7) is 2.10. The molecule has 0 bridgehead atoms. The number of hydrogen-bond acceptors (Lipinski definition) is 8. The van der Waals surface area contributed by atoms with Crippen molar-refractivity contribution in [3.63, 3.8) is 0 Å². The molecule has 2 heterocycles. The number of rotatable bonds is 9. The topological polar surface area (TPSA) is 95.2 Å². The van der Waals surface area contributed by atoms with Crippen molar-refractivity contribution in [1.82, 2.24) is 15.0 Å². The van der Waals surface area contributed by atoms with Gasteiger partial charge in [-0.25, -0.2) is 0 Å². The van der Waals surface area contributed by atoms with Crippen LogP contribution < -0.4 is 11.1 Å². The zero-order chi connectivity index (χ0) is 16.7. The van der Waals surface area contributed by atoms with Crippen molar-refractivity contribution in [3.05, 3.63) is 28.2 Å². The molecule has 2 aromatic rings. The van der Waals surface area contributed by atoms with E-state index in [0.717, 1.165) is 12.8 Å². The minimum Gasteiger partial charge on any atom is -0.368 e. The first kappa shape index (κ1) is 17.6. The maximum Gasteiger partial charge on any atom is 0.227 e. The van der Waals surface area contributed by atoms with E-state index in [9.17, 15) is 0 Å². The molecule has 1 atom stereocenters. The minimum atomic E-state index is -0.402. The summed E-state index contributed by atoms with van der Waals surface area (Å²) in [7, 11) is 3.15. The fraction of sp³-hybridized carbons (Fsp3) is 0.533. The Morgan fingerprint density at radius 3 is 2.70 bits per heavy atom. The average molecular weight is 337 g/mol. The lowest BCUT2D eigenvalue weighted by molar-refractivity contribution is -0.101. The second-order valence-electron chi connectivity index (χ2n) is 5.25. The van der Waals surface area contributed by atoms with E-state index in [1.165, 1.54) is 5.56 Å². The summed E-state index contributed by atoms with van der Waals surface area (Å²) < 4.78 is 10.3. The van der Waals surface area contributed by atoms with Crippen LogP contribution in [0.1, 0.15) is 24.7 Å². The van der Waals surface area contributed by atoms with Crippen LogP contribution in [0.2, 0.25) is 0 Å². The van der Waals surface area contributed by atoms with Crippen LogP contribution in [-0.4, -0.2) is 41.5 Å². The summed E-state index contributed by atoms with van der Waals surface area (Å²) in [5.74, 6) is 1.21. The number of thiophene rings is 1. The number of anilines is 2. The predicted octanol–water partition coefficient (Wildman–Crippen LogP) is 2.11. The first-order chi connectivity index (χ1) is 11.1. The normalized spacial score (nSPS) is 12.5. The molecule has 126 valence electrons. The fourth-order valence-electron chi connectivity index (χ4n) is 2.12. The SMILES string of the molecule is COC(Cc1nc(N)nc(NC(C)CCc2ccsc2)n1)OC. The number of hydrogen-bond donors (Lipinski definition) is 2. The van der Waals surface area contributed by atoms with Crippen LogP contribution in [0.15, 0.2) is 16.8 Å². The highest BCUT2D eigenvalue weighted by Crippen LogP contribution is 2.13. The molecular formula is C15H23N5O2S. The molecule has 2 rings (SSSR count). The van der Waals surface area contributed by atoms with E-state index < -0.39 is 6.29 Å². The second-order valence-corrected chi connectivity index (χ2v) is 6.03. The molecule has 0 aliphatic carbocycles. The largest absolute Gasteiger partial charge is 0.368 e. The van der Waals surface area contributed by atoms with Crippen LogP contribution in [0.3, 0.4) is 0 Å². The highest BCUT2D eigenvalue weighted by Gasteiger charge is 2.13. The maximum absolute atomic E-state index is 5.76. The molecule has 0 fully saturated rings. The number of nitrogens with two attached hydrogens (primary N) is 1. The van der Waals surface area contributed by atoms with Gasteiger partial charge in [-0.3, -0.25) is 0 Å². The summed E-state index contributed by atoms with van der Waals surface area (Å²) in [6.07, 6.45) is 2.01. The van der Waals surface area contributed by atoms with Crippen LogP contribution in [0, 0.1) is 0 Å². The van der Waals surface area contributed by atoms with Gasteiger partial charge in [0.05, 0.1) is 6.42 Å². The predicted molar refractivity (Wildman–Crippen MR) is 91.5 cm³/mol. The molecular weight excluding hydrogens is 314 g/mol. The second kappa shape index (κ2) is 8.76. The van der Waals surface area contributed by atoms with Crippen LogP contribution >= 0.6 is 11.3 Å². The highest BCUT2D eigenvalue weighted by atomic mass is 32.1. The van der Waals surface area contributed by atoms with Gasteiger partial charge in [-0.05, 0) is 42.2 Å². The van der Waals surface area contributed by atoms with Crippen LogP contribution in [0.4, 0.5) is 11.9 Å². The summed E-state index contributed by atoms with van der Waals surface area (Å²) in [4.78, 5) is 12.6. The first-order valence-electron chi connectivity index (χ1n) is 7.44. The van der Waals surface area contributed by atoms with Gasteiger partial charge in [-0.15, -0.1) is 0 Å². The summed E-state index contributed by atoms with van der Waals surface area (Å²) in [5.41, 5.74) is 7.11. The molecule has 1 unspecified atom stereocenters. The third-order valence-corrected chi connectivity index (χ3v) is 4.13. The Morgan fingerprint density at radius 1 is 1.26 bits per heavy atom. The van der Waals surface area contributed by atoms with Gasteiger partial charge in [-0.1, -0.05) is 0 Å². The molecule has 0 saturated heterocycles. The average Bonchev–Trinajstić information content (AvgIpc) is 3.03. The van der Waals surface area contributed by atoms with Gasteiger partial charge in [0.1, 0.15) is 5.82 Å². The van der Waals surface area contributed by atoms with Crippen molar-refractivity contribution in [2.24, 2.45) is 0 Å². The first-order valence-corrected chi connectivity index (χ1v) is 8.38. The third kappa shape index (κ3) is 5.74. The van der Waals surface area contributed by atoms with Crippen molar-refractivity contribution in [2.45, 2.75) is 38.5 Å². The molecule has 0 radical (unpaired) electrons. The number of nitrogens with zero attached hydrogens (tertiary/aromatic N) is 3. The van der Waals surface area contributed by atoms with E-state index in [4.69, 9.17) is 15.2 Å². The number of aryl methyl sites for hydroxylation is 1. The molecule has 0 aliphatic heterocycles. The van der Waals surface area contributed by atoms with Crippen LogP contribution in [-0.2, 0) is 22.3 Å². The lowest BCUT2D eigenvalue weighted by Gasteiger charge is -2.15. The van der Waals surface area contributed by atoms with E-state index in [1.807, 2.05) is 0 Å². The minimum absolute atomic E-state index is 0.188. The Kier molecular flexibility index (Phi) is 6.69. The number of aromatic nitrogens is 3. The van der Waals surface area contributed by atoms with Gasteiger partial charge in [0.25, 0.3) is 0 Å². The van der Waals surface area contributed by atoms with Gasteiger partial charge in [0.2, 0.25) is 11.9 Å². The molecule has 0 saturated carbocycles. The maximum atomic E-state index is 5.76. The smallest absolute Gasteiger partial charge is 0.227 e. The van der Waals surface area contributed by atoms with E-state index in [0.29, 0.717) is 18.2 Å². The van der Waals surface area contributed by atoms with E-state index in [2.05, 4.69) is 44.0 Å².